The molecule has 6 nitrogen and oxygen atoms in total. The topological polar surface area (TPSA) is 84.1 Å². The normalized spacial score (nSPS) is 14.8. The van der Waals surface area contributed by atoms with E-state index in [1.165, 1.54) is 24.2 Å². The van der Waals surface area contributed by atoms with E-state index in [1.54, 1.807) is 12.3 Å². The maximum absolute atomic E-state index is 12.2. The fourth-order valence-corrected chi connectivity index (χ4v) is 3.43. The van der Waals surface area contributed by atoms with Crippen LogP contribution in [-0.2, 0) is 0 Å². The first-order chi connectivity index (χ1) is 10.2. The molecule has 0 spiro atoms. The van der Waals surface area contributed by atoms with Crippen LogP contribution in [0.5, 0.6) is 0 Å². The van der Waals surface area contributed by atoms with Crippen LogP contribution in [-0.4, -0.2) is 46.7 Å². The summed E-state index contributed by atoms with van der Waals surface area (Å²) in [6.07, 6.45) is 4.15. The van der Waals surface area contributed by atoms with Crippen molar-refractivity contribution in [1.29, 1.82) is 0 Å². The predicted octanol–water partition coefficient (Wildman–Crippen LogP) is 1.49. The van der Waals surface area contributed by atoms with Crippen LogP contribution >= 0.6 is 11.3 Å². The minimum Gasteiger partial charge on any atom is -0.397 e. The zero-order valence-corrected chi connectivity index (χ0v) is 12.8. The van der Waals surface area contributed by atoms with Gasteiger partial charge in [-0.3, -0.25) is 9.69 Å². The van der Waals surface area contributed by atoms with Crippen LogP contribution in [0.1, 0.15) is 29.4 Å². The molecule has 0 aromatic carbocycles. The number of fused-ring (bicyclic) bond motifs is 1. The first kappa shape index (κ1) is 14.2. The van der Waals surface area contributed by atoms with Crippen LogP contribution in [0, 0.1) is 0 Å². The molecular weight excluding hydrogens is 286 g/mol. The molecule has 0 bridgehead atoms. The van der Waals surface area contributed by atoms with Gasteiger partial charge >= 0.3 is 0 Å². The average molecular weight is 305 g/mol. The molecule has 21 heavy (non-hydrogen) atoms. The molecule has 1 saturated carbocycles. The summed E-state index contributed by atoms with van der Waals surface area (Å²) < 4.78 is 0. The molecule has 0 aliphatic heterocycles. The van der Waals surface area contributed by atoms with Crippen molar-refractivity contribution in [2.75, 3.05) is 25.4 Å². The van der Waals surface area contributed by atoms with Gasteiger partial charge in [0.15, 0.2) is 0 Å². The van der Waals surface area contributed by atoms with E-state index in [0.29, 0.717) is 21.9 Å². The SMILES string of the molecule is CCN(CCNC(=O)c1sc2nnccc2c1N)C1CC1. The molecule has 2 heterocycles. The van der Waals surface area contributed by atoms with Crippen molar-refractivity contribution in [3.8, 4) is 0 Å². The van der Waals surface area contributed by atoms with E-state index >= 15 is 0 Å². The van der Waals surface area contributed by atoms with Gasteiger partial charge in [0.2, 0.25) is 0 Å². The fraction of sp³-hybridized carbons (Fsp3) is 0.500. The Balaban J connectivity index is 1.62. The van der Waals surface area contributed by atoms with Crippen molar-refractivity contribution in [2.45, 2.75) is 25.8 Å². The molecular formula is C14H19N5OS. The molecule has 3 N–H and O–H groups in total. The number of hydrogen-bond acceptors (Lipinski definition) is 6. The van der Waals surface area contributed by atoms with Gasteiger partial charge in [-0.2, -0.15) is 5.10 Å². The number of likely N-dealkylation sites (N-methyl/N-ethyl adjacent to an activating group) is 1. The average Bonchev–Trinajstić information content (AvgIpc) is 3.28. The van der Waals surface area contributed by atoms with Crippen LogP contribution in [0.25, 0.3) is 10.2 Å². The van der Waals surface area contributed by atoms with Crippen LogP contribution in [0.15, 0.2) is 12.3 Å². The first-order valence-electron chi connectivity index (χ1n) is 7.22. The Morgan fingerprint density at radius 3 is 3.05 bits per heavy atom. The highest BCUT2D eigenvalue weighted by Crippen LogP contribution is 2.31. The van der Waals surface area contributed by atoms with E-state index < -0.39 is 0 Å². The number of nitrogens with two attached hydrogens (primary N) is 1. The van der Waals surface area contributed by atoms with Crippen LogP contribution in [0.2, 0.25) is 0 Å². The van der Waals surface area contributed by atoms with E-state index in [4.69, 9.17) is 5.73 Å². The number of nitrogens with one attached hydrogen (secondary N) is 1. The minimum absolute atomic E-state index is 0.123. The maximum Gasteiger partial charge on any atom is 0.263 e. The highest BCUT2D eigenvalue weighted by molar-refractivity contribution is 7.21. The van der Waals surface area contributed by atoms with Crippen molar-refractivity contribution in [2.24, 2.45) is 0 Å². The summed E-state index contributed by atoms with van der Waals surface area (Å²) in [6, 6.07) is 2.51. The van der Waals surface area contributed by atoms with Gasteiger partial charge in [0.05, 0.1) is 11.9 Å². The summed E-state index contributed by atoms with van der Waals surface area (Å²) in [7, 11) is 0. The van der Waals surface area contributed by atoms with E-state index in [-0.39, 0.29) is 5.91 Å². The largest absolute Gasteiger partial charge is 0.397 e. The molecule has 2 aromatic heterocycles. The molecule has 0 radical (unpaired) electrons. The lowest BCUT2D eigenvalue weighted by molar-refractivity contribution is 0.0953. The number of rotatable bonds is 6. The van der Waals surface area contributed by atoms with Crippen molar-refractivity contribution < 1.29 is 4.79 Å². The van der Waals surface area contributed by atoms with E-state index in [9.17, 15) is 4.79 Å². The minimum atomic E-state index is -0.123. The number of nitrogen functional groups attached to an aromatic ring is 1. The van der Waals surface area contributed by atoms with E-state index in [1.807, 2.05) is 0 Å². The molecule has 7 heteroatoms. The number of amides is 1. The maximum atomic E-state index is 12.2. The van der Waals surface area contributed by atoms with E-state index in [0.717, 1.165) is 24.5 Å². The lowest BCUT2D eigenvalue weighted by Crippen LogP contribution is -2.36. The Kier molecular flexibility index (Phi) is 4.03. The summed E-state index contributed by atoms with van der Waals surface area (Å²) in [5.74, 6) is -0.123. The van der Waals surface area contributed by atoms with Crippen LogP contribution < -0.4 is 11.1 Å². The number of nitrogens with zero attached hydrogens (tertiary/aromatic N) is 3. The van der Waals surface area contributed by atoms with Gasteiger partial charge in [0.25, 0.3) is 5.91 Å². The number of carbonyl (C=O) groups excluding carboxylic acids is 1. The Morgan fingerprint density at radius 2 is 2.38 bits per heavy atom. The molecule has 0 unspecified atom stereocenters. The Bertz CT molecular complexity index is 652. The highest BCUT2D eigenvalue weighted by Gasteiger charge is 2.27. The number of thiophene rings is 1. The summed E-state index contributed by atoms with van der Waals surface area (Å²) in [5, 5.41) is 11.6. The lowest BCUT2D eigenvalue weighted by atomic mass is 10.3. The Morgan fingerprint density at radius 1 is 1.57 bits per heavy atom. The van der Waals surface area contributed by atoms with Crippen LogP contribution in [0.4, 0.5) is 5.69 Å². The zero-order valence-electron chi connectivity index (χ0n) is 12.0. The highest BCUT2D eigenvalue weighted by atomic mass is 32.1. The fourth-order valence-electron chi connectivity index (χ4n) is 2.47. The molecule has 0 saturated heterocycles. The number of carbonyl (C=O) groups is 1. The molecule has 1 aliphatic carbocycles. The molecule has 2 aromatic rings. The number of aromatic nitrogens is 2. The summed E-state index contributed by atoms with van der Waals surface area (Å²) in [4.78, 5) is 15.9. The van der Waals surface area contributed by atoms with Crippen molar-refractivity contribution in [3.05, 3.63) is 17.1 Å². The Hall–Kier alpha value is -1.73. The van der Waals surface area contributed by atoms with Crippen molar-refractivity contribution in [1.82, 2.24) is 20.4 Å². The summed E-state index contributed by atoms with van der Waals surface area (Å²) >= 11 is 1.29. The molecule has 112 valence electrons. The van der Waals surface area contributed by atoms with Gasteiger partial charge in [-0.15, -0.1) is 16.4 Å². The molecule has 3 rings (SSSR count). The van der Waals surface area contributed by atoms with Gasteiger partial charge in [-0.05, 0) is 25.5 Å². The standard InChI is InChI=1S/C14H19N5OS/c1-2-19(9-3-4-9)8-7-16-13(20)12-11(15)10-5-6-17-18-14(10)21-12/h5-6,9H,2-4,7-8,15H2,1H3,(H,16,20). The summed E-state index contributed by atoms with van der Waals surface area (Å²) in [5.41, 5.74) is 6.52. The van der Waals surface area contributed by atoms with Crippen LogP contribution in [0.3, 0.4) is 0 Å². The third-order valence-electron chi connectivity index (χ3n) is 3.78. The van der Waals surface area contributed by atoms with Gasteiger partial charge < -0.3 is 11.1 Å². The summed E-state index contributed by atoms with van der Waals surface area (Å²) in [6.45, 7) is 4.71. The monoisotopic (exact) mass is 305 g/mol. The molecule has 1 fully saturated rings. The van der Waals surface area contributed by atoms with Gasteiger partial charge in [-0.1, -0.05) is 6.92 Å². The molecule has 1 aliphatic rings. The van der Waals surface area contributed by atoms with E-state index in [2.05, 4.69) is 27.3 Å². The third kappa shape index (κ3) is 2.98. The first-order valence-corrected chi connectivity index (χ1v) is 8.04. The quantitative estimate of drug-likeness (QED) is 0.844. The van der Waals surface area contributed by atoms with Crippen molar-refractivity contribution >= 4 is 33.1 Å². The second-order valence-electron chi connectivity index (χ2n) is 5.21. The van der Waals surface area contributed by atoms with Gasteiger partial charge in [-0.25, -0.2) is 0 Å². The molecule has 0 atom stereocenters. The molecule has 1 amide bonds. The zero-order chi connectivity index (χ0) is 14.8. The van der Waals surface area contributed by atoms with Gasteiger partial charge in [0, 0.05) is 24.5 Å². The smallest absolute Gasteiger partial charge is 0.263 e. The van der Waals surface area contributed by atoms with Gasteiger partial charge in [0.1, 0.15) is 9.71 Å². The lowest BCUT2D eigenvalue weighted by Gasteiger charge is -2.19. The second kappa shape index (κ2) is 5.95. The van der Waals surface area contributed by atoms with Crippen molar-refractivity contribution in [3.63, 3.8) is 0 Å². The Labute approximate surface area is 127 Å². The number of hydrogen-bond donors (Lipinski definition) is 2. The predicted molar refractivity (Wildman–Crippen MR) is 84.4 cm³/mol. The number of anilines is 1. The second-order valence-corrected chi connectivity index (χ2v) is 6.21. The third-order valence-corrected chi connectivity index (χ3v) is 4.88.